The first-order valence-electron chi connectivity index (χ1n) is 6.47. The van der Waals surface area contributed by atoms with Gasteiger partial charge in [-0.25, -0.2) is 4.98 Å². The molecule has 0 radical (unpaired) electrons. The van der Waals surface area contributed by atoms with Crippen molar-refractivity contribution in [1.82, 2.24) is 15.2 Å². The van der Waals surface area contributed by atoms with Gasteiger partial charge in [-0.2, -0.15) is 5.10 Å². The molecule has 0 saturated heterocycles. The second-order valence-electron chi connectivity index (χ2n) is 4.66. The summed E-state index contributed by atoms with van der Waals surface area (Å²) in [5.41, 5.74) is 2.19. The number of hydrogen-bond donors (Lipinski definition) is 2. The lowest BCUT2D eigenvalue weighted by atomic mass is 10.0. The van der Waals surface area contributed by atoms with Crippen molar-refractivity contribution in [2.24, 2.45) is 0 Å². The lowest BCUT2D eigenvalue weighted by Gasteiger charge is -2.05. The summed E-state index contributed by atoms with van der Waals surface area (Å²) in [7, 11) is 0. The average Bonchev–Trinajstić information content (AvgIpc) is 2.49. The highest BCUT2D eigenvalue weighted by molar-refractivity contribution is 7.71. The van der Waals surface area contributed by atoms with E-state index in [1.807, 2.05) is 49.4 Å². The van der Waals surface area contributed by atoms with Crippen LogP contribution in [0.3, 0.4) is 0 Å². The zero-order chi connectivity index (χ0) is 14.8. The number of H-pyrrole nitrogens is 1. The molecule has 3 aromatic rings. The van der Waals surface area contributed by atoms with E-state index in [-0.39, 0.29) is 5.75 Å². The first-order chi connectivity index (χ1) is 10.1. The number of hydrogen-bond acceptors (Lipinski definition) is 4. The largest absolute Gasteiger partial charge is 0.507 e. The molecule has 1 heterocycles. The number of phenols is 1. The Hall–Kier alpha value is -2.53. The van der Waals surface area contributed by atoms with Crippen LogP contribution in [0.1, 0.15) is 17.0 Å². The zero-order valence-electron chi connectivity index (χ0n) is 11.4. The summed E-state index contributed by atoms with van der Waals surface area (Å²) in [5, 5.41) is 18.9. The molecule has 0 unspecified atom stereocenters. The van der Waals surface area contributed by atoms with Crippen LogP contribution < -0.4 is 0 Å². The minimum Gasteiger partial charge on any atom is -0.507 e. The van der Waals surface area contributed by atoms with Crippen molar-refractivity contribution in [3.05, 3.63) is 58.1 Å². The number of phenolic OH excluding ortho intramolecular Hbond substituents is 1. The fraction of sp³-hybridized carbons (Fsp3) is 0.0625. The molecule has 0 fully saturated rings. The molecule has 0 amide bonds. The number of rotatable bonds is 2. The third-order valence-corrected chi connectivity index (χ3v) is 3.45. The Bertz CT molecular complexity index is 899. The summed E-state index contributed by atoms with van der Waals surface area (Å²) < 4.78 is 0.336. The number of aryl methyl sites for hydroxylation is 1. The number of nitrogens with one attached hydrogen (secondary N) is 1. The van der Waals surface area contributed by atoms with E-state index in [0.717, 1.165) is 22.0 Å². The second kappa shape index (κ2) is 5.46. The number of nitrogens with zero attached hydrogens (tertiary/aromatic N) is 2. The normalized spacial score (nSPS) is 11.3. The minimum absolute atomic E-state index is 0.233. The van der Waals surface area contributed by atoms with Gasteiger partial charge in [0.05, 0.1) is 11.4 Å². The van der Waals surface area contributed by atoms with Gasteiger partial charge in [-0.15, -0.1) is 0 Å². The van der Waals surface area contributed by atoms with E-state index in [0.29, 0.717) is 10.5 Å². The predicted molar refractivity (Wildman–Crippen MR) is 86.5 cm³/mol. The van der Waals surface area contributed by atoms with Gasteiger partial charge in [0.25, 0.3) is 0 Å². The lowest BCUT2D eigenvalue weighted by molar-refractivity contribution is 0.475. The van der Waals surface area contributed by atoms with Crippen LogP contribution in [-0.4, -0.2) is 20.3 Å². The molecule has 2 N–H and O–H groups in total. The van der Waals surface area contributed by atoms with E-state index in [9.17, 15) is 5.11 Å². The van der Waals surface area contributed by atoms with Crippen LogP contribution >= 0.6 is 12.2 Å². The first-order valence-corrected chi connectivity index (χ1v) is 6.88. The van der Waals surface area contributed by atoms with E-state index in [1.165, 1.54) is 0 Å². The molecule has 2 aromatic carbocycles. The third-order valence-electron chi connectivity index (χ3n) is 3.27. The summed E-state index contributed by atoms with van der Waals surface area (Å²) >= 11 is 4.98. The highest BCUT2D eigenvalue weighted by Crippen LogP contribution is 2.28. The zero-order valence-corrected chi connectivity index (χ0v) is 12.2. The molecule has 0 atom stereocenters. The van der Waals surface area contributed by atoms with Crippen molar-refractivity contribution >= 4 is 35.1 Å². The maximum Gasteiger partial charge on any atom is 0.214 e. The van der Waals surface area contributed by atoms with Gasteiger partial charge in [0, 0.05) is 5.56 Å². The molecule has 3 rings (SSSR count). The summed E-state index contributed by atoms with van der Waals surface area (Å²) in [6.45, 7) is 1.85. The fourth-order valence-electron chi connectivity index (χ4n) is 2.18. The Morgan fingerprint density at radius 2 is 1.95 bits per heavy atom. The summed E-state index contributed by atoms with van der Waals surface area (Å²) in [6, 6.07) is 11.5. The van der Waals surface area contributed by atoms with Gasteiger partial charge in [0.1, 0.15) is 5.75 Å². The molecule has 1 aromatic heterocycles. The number of fused-ring (bicyclic) bond motifs is 1. The van der Waals surface area contributed by atoms with Gasteiger partial charge in [-0.3, -0.25) is 5.10 Å². The Morgan fingerprint density at radius 1 is 1.14 bits per heavy atom. The smallest absolute Gasteiger partial charge is 0.214 e. The van der Waals surface area contributed by atoms with Gasteiger partial charge in [0.2, 0.25) is 4.77 Å². The van der Waals surface area contributed by atoms with E-state index in [4.69, 9.17) is 12.2 Å². The van der Waals surface area contributed by atoms with E-state index < -0.39 is 0 Å². The molecular formula is C16H13N3OS. The standard InChI is InChI=1S/C16H13N3OS/c1-10-14(17-16(21)19-18-10)8-7-13-12-5-3-2-4-11(12)6-9-15(13)20/h2-9,20H,1H3,(H,17,19,21)/b8-7+. The maximum atomic E-state index is 10.1. The predicted octanol–water partition coefficient (Wildman–Crippen LogP) is 3.87. The van der Waals surface area contributed by atoms with E-state index in [2.05, 4.69) is 15.2 Å². The molecule has 5 heteroatoms. The van der Waals surface area contributed by atoms with Gasteiger partial charge in [-0.1, -0.05) is 30.3 Å². The second-order valence-corrected chi connectivity index (χ2v) is 5.05. The fourth-order valence-corrected chi connectivity index (χ4v) is 2.33. The molecule has 0 aliphatic rings. The Balaban J connectivity index is 2.13. The van der Waals surface area contributed by atoms with Crippen LogP contribution in [0.4, 0.5) is 0 Å². The summed E-state index contributed by atoms with van der Waals surface area (Å²) in [6.07, 6.45) is 3.65. The van der Waals surface area contributed by atoms with Crippen molar-refractivity contribution in [1.29, 1.82) is 0 Å². The Kier molecular flexibility index (Phi) is 3.50. The van der Waals surface area contributed by atoms with E-state index in [1.54, 1.807) is 6.07 Å². The van der Waals surface area contributed by atoms with Crippen LogP contribution in [0.25, 0.3) is 22.9 Å². The molecule has 21 heavy (non-hydrogen) atoms. The molecule has 104 valence electrons. The van der Waals surface area contributed by atoms with E-state index >= 15 is 0 Å². The van der Waals surface area contributed by atoms with Gasteiger partial charge in [0.15, 0.2) is 0 Å². The highest BCUT2D eigenvalue weighted by atomic mass is 32.1. The molecule has 0 spiro atoms. The number of benzene rings is 2. The Labute approximate surface area is 126 Å². The number of aromatic hydroxyl groups is 1. The molecule has 0 aliphatic carbocycles. The first kappa shape index (κ1) is 13.5. The number of aromatic amines is 1. The van der Waals surface area contributed by atoms with Crippen molar-refractivity contribution in [3.63, 3.8) is 0 Å². The van der Waals surface area contributed by atoms with Gasteiger partial charge < -0.3 is 5.11 Å². The molecular weight excluding hydrogens is 282 g/mol. The van der Waals surface area contributed by atoms with Crippen LogP contribution in [0.15, 0.2) is 36.4 Å². The lowest BCUT2D eigenvalue weighted by Crippen LogP contribution is -1.95. The highest BCUT2D eigenvalue weighted by Gasteiger charge is 2.04. The van der Waals surface area contributed by atoms with Crippen molar-refractivity contribution < 1.29 is 5.11 Å². The average molecular weight is 295 g/mol. The molecule has 4 nitrogen and oxygen atoms in total. The molecule has 0 saturated carbocycles. The van der Waals surface area contributed by atoms with Gasteiger partial charge in [-0.05, 0) is 48.1 Å². The molecule has 0 aliphatic heterocycles. The monoisotopic (exact) mass is 295 g/mol. The molecule has 0 bridgehead atoms. The Morgan fingerprint density at radius 3 is 2.81 bits per heavy atom. The van der Waals surface area contributed by atoms with Gasteiger partial charge >= 0.3 is 0 Å². The number of aromatic nitrogens is 3. The minimum atomic E-state index is 0.233. The topological polar surface area (TPSA) is 61.8 Å². The van der Waals surface area contributed by atoms with Crippen molar-refractivity contribution in [2.45, 2.75) is 6.92 Å². The maximum absolute atomic E-state index is 10.1. The van der Waals surface area contributed by atoms with Crippen molar-refractivity contribution in [2.75, 3.05) is 0 Å². The third kappa shape index (κ3) is 2.68. The van der Waals surface area contributed by atoms with Crippen LogP contribution in [0.5, 0.6) is 5.75 Å². The summed E-state index contributed by atoms with van der Waals surface area (Å²) in [4.78, 5) is 4.23. The summed E-state index contributed by atoms with van der Waals surface area (Å²) in [5.74, 6) is 0.233. The SMILES string of the molecule is Cc1n[nH]c(=S)nc1/C=C/c1c(O)ccc2ccccc12. The van der Waals surface area contributed by atoms with Crippen LogP contribution in [-0.2, 0) is 0 Å². The van der Waals surface area contributed by atoms with Crippen molar-refractivity contribution in [3.8, 4) is 5.75 Å². The van der Waals surface area contributed by atoms with Crippen LogP contribution in [0.2, 0.25) is 0 Å². The van der Waals surface area contributed by atoms with Crippen LogP contribution in [0, 0.1) is 11.7 Å². The quantitative estimate of drug-likeness (QED) is 0.704.